The van der Waals surface area contributed by atoms with Crippen molar-refractivity contribution in [3.05, 3.63) is 35.9 Å². The van der Waals surface area contributed by atoms with Crippen LogP contribution in [0.25, 0.3) is 0 Å². The molecule has 1 aromatic rings. The van der Waals surface area contributed by atoms with Crippen molar-refractivity contribution in [3.8, 4) is 0 Å². The second kappa shape index (κ2) is 4.63. The smallest absolute Gasteiger partial charge is 0.333 e. The molecule has 2 rings (SSSR count). The lowest BCUT2D eigenvalue weighted by Crippen LogP contribution is -2.57. The van der Waals surface area contributed by atoms with Gasteiger partial charge in [0.2, 0.25) is 0 Å². The first-order chi connectivity index (χ1) is 7.79. The van der Waals surface area contributed by atoms with Crippen molar-refractivity contribution in [1.82, 2.24) is 5.32 Å². The Hall–Kier alpha value is -1.39. The van der Waals surface area contributed by atoms with E-state index < -0.39 is 5.54 Å². The highest BCUT2D eigenvalue weighted by Gasteiger charge is 2.43. The first-order valence-electron chi connectivity index (χ1n) is 5.26. The molecule has 1 aliphatic heterocycles. The van der Waals surface area contributed by atoms with E-state index in [9.17, 15) is 4.79 Å². The average molecular weight is 221 g/mol. The summed E-state index contributed by atoms with van der Waals surface area (Å²) >= 11 is 0. The molecule has 1 N–H and O–H groups in total. The zero-order valence-corrected chi connectivity index (χ0v) is 9.23. The van der Waals surface area contributed by atoms with Crippen LogP contribution in [0.15, 0.2) is 30.3 Å². The normalized spacial score (nSPS) is 25.1. The Balaban J connectivity index is 2.38. The molecule has 4 nitrogen and oxygen atoms in total. The highest BCUT2D eigenvalue weighted by molar-refractivity contribution is 5.83. The number of nitrogens with one attached hydrogen (secondary N) is 1. The number of methoxy groups -OCH3 is 1. The fraction of sp³-hybridized carbons (Fsp3) is 0.417. The molecule has 1 aliphatic rings. The molecule has 0 spiro atoms. The van der Waals surface area contributed by atoms with Crippen LogP contribution in [-0.2, 0) is 19.8 Å². The van der Waals surface area contributed by atoms with Gasteiger partial charge in [-0.3, -0.25) is 5.32 Å². The predicted octanol–water partition coefficient (Wildman–Crippen LogP) is 0.675. The van der Waals surface area contributed by atoms with E-state index in [0.717, 1.165) is 5.56 Å². The lowest BCUT2D eigenvalue weighted by molar-refractivity contribution is -0.154. The largest absolute Gasteiger partial charge is 0.467 e. The Morgan fingerprint density at radius 1 is 1.44 bits per heavy atom. The number of hydrogen-bond acceptors (Lipinski definition) is 4. The van der Waals surface area contributed by atoms with E-state index in [2.05, 4.69) is 5.32 Å². The second-order valence-corrected chi connectivity index (χ2v) is 3.74. The summed E-state index contributed by atoms with van der Waals surface area (Å²) in [6, 6.07) is 9.52. The fourth-order valence-electron chi connectivity index (χ4n) is 1.94. The van der Waals surface area contributed by atoms with Crippen molar-refractivity contribution in [3.63, 3.8) is 0 Å². The number of hydrogen-bond donors (Lipinski definition) is 1. The number of morpholine rings is 1. The summed E-state index contributed by atoms with van der Waals surface area (Å²) in [6.07, 6.45) is 0. The summed E-state index contributed by atoms with van der Waals surface area (Å²) in [5.74, 6) is -0.307. The van der Waals surface area contributed by atoms with E-state index >= 15 is 0 Å². The highest BCUT2D eigenvalue weighted by Crippen LogP contribution is 2.25. The minimum atomic E-state index is -0.853. The van der Waals surface area contributed by atoms with Gasteiger partial charge in [0, 0.05) is 6.54 Å². The van der Waals surface area contributed by atoms with Crippen LogP contribution in [0, 0.1) is 0 Å². The van der Waals surface area contributed by atoms with Crippen LogP contribution in [0.4, 0.5) is 0 Å². The van der Waals surface area contributed by atoms with Crippen molar-refractivity contribution in [2.45, 2.75) is 5.54 Å². The Bertz CT molecular complexity index is 358. The number of carbonyl (C=O) groups excluding carboxylic acids is 1. The van der Waals surface area contributed by atoms with Gasteiger partial charge in [0.15, 0.2) is 5.54 Å². The number of rotatable bonds is 2. The van der Waals surface area contributed by atoms with Crippen molar-refractivity contribution < 1.29 is 14.3 Å². The van der Waals surface area contributed by atoms with Crippen LogP contribution < -0.4 is 5.32 Å². The average Bonchev–Trinajstić information content (AvgIpc) is 2.39. The van der Waals surface area contributed by atoms with Gasteiger partial charge in [0.1, 0.15) is 0 Å². The van der Waals surface area contributed by atoms with Gasteiger partial charge in [-0.05, 0) is 5.56 Å². The summed E-state index contributed by atoms with van der Waals surface area (Å²) in [5, 5.41) is 3.20. The van der Waals surface area contributed by atoms with E-state index in [4.69, 9.17) is 9.47 Å². The van der Waals surface area contributed by atoms with Crippen molar-refractivity contribution >= 4 is 5.97 Å². The number of esters is 1. The summed E-state index contributed by atoms with van der Waals surface area (Å²) in [4.78, 5) is 11.9. The topological polar surface area (TPSA) is 47.6 Å². The molecule has 0 aromatic heterocycles. The minimum Gasteiger partial charge on any atom is -0.467 e. The zero-order chi connectivity index (χ0) is 11.4. The summed E-state index contributed by atoms with van der Waals surface area (Å²) in [5.41, 5.74) is 0.0235. The van der Waals surface area contributed by atoms with Gasteiger partial charge in [0.25, 0.3) is 0 Å². The first-order valence-corrected chi connectivity index (χ1v) is 5.26. The summed E-state index contributed by atoms with van der Waals surface area (Å²) < 4.78 is 10.3. The fourth-order valence-corrected chi connectivity index (χ4v) is 1.94. The van der Waals surface area contributed by atoms with Crippen LogP contribution in [0.1, 0.15) is 5.56 Å². The summed E-state index contributed by atoms with van der Waals surface area (Å²) in [6.45, 7) is 1.57. The Morgan fingerprint density at radius 2 is 2.19 bits per heavy atom. The lowest BCUT2D eigenvalue weighted by Gasteiger charge is -2.35. The highest BCUT2D eigenvalue weighted by atomic mass is 16.5. The van der Waals surface area contributed by atoms with Gasteiger partial charge in [-0.15, -0.1) is 0 Å². The molecule has 0 aliphatic carbocycles. The van der Waals surface area contributed by atoms with Gasteiger partial charge in [-0.1, -0.05) is 30.3 Å². The maximum Gasteiger partial charge on any atom is 0.333 e. The maximum atomic E-state index is 11.9. The molecule has 0 radical (unpaired) electrons. The number of ether oxygens (including phenoxy) is 2. The lowest BCUT2D eigenvalue weighted by atomic mass is 9.90. The molecule has 1 saturated heterocycles. The van der Waals surface area contributed by atoms with Crippen molar-refractivity contribution in [2.24, 2.45) is 0 Å². The van der Waals surface area contributed by atoms with Crippen LogP contribution in [0.2, 0.25) is 0 Å². The molecule has 0 saturated carbocycles. The van der Waals surface area contributed by atoms with E-state index in [-0.39, 0.29) is 5.97 Å². The van der Waals surface area contributed by atoms with Crippen LogP contribution >= 0.6 is 0 Å². The predicted molar refractivity (Wildman–Crippen MR) is 59.0 cm³/mol. The van der Waals surface area contributed by atoms with Crippen molar-refractivity contribution in [2.75, 3.05) is 26.9 Å². The van der Waals surface area contributed by atoms with Gasteiger partial charge in [0.05, 0.1) is 20.3 Å². The summed E-state index contributed by atoms with van der Waals surface area (Å²) in [7, 11) is 1.39. The molecule has 0 bridgehead atoms. The van der Waals surface area contributed by atoms with Crippen LogP contribution in [0.5, 0.6) is 0 Å². The molecule has 1 unspecified atom stereocenters. The Kier molecular flexibility index (Phi) is 3.22. The zero-order valence-electron chi connectivity index (χ0n) is 9.23. The van der Waals surface area contributed by atoms with Gasteiger partial charge < -0.3 is 9.47 Å². The molecular formula is C12H15NO3. The molecule has 1 atom stereocenters. The van der Waals surface area contributed by atoms with E-state index in [1.54, 1.807) is 0 Å². The molecule has 0 amide bonds. The standard InChI is InChI=1S/C12H15NO3/c1-15-11(14)12(9-16-8-7-13-12)10-5-3-2-4-6-10/h2-6,13H,7-9H2,1H3. The third kappa shape index (κ3) is 1.81. The number of carbonyl (C=O) groups is 1. The van der Waals surface area contributed by atoms with Gasteiger partial charge in [-0.25, -0.2) is 4.79 Å². The molecular weight excluding hydrogens is 206 g/mol. The molecule has 1 fully saturated rings. The molecule has 86 valence electrons. The first kappa shape index (κ1) is 11.1. The van der Waals surface area contributed by atoms with Crippen molar-refractivity contribution in [1.29, 1.82) is 0 Å². The SMILES string of the molecule is COC(=O)C1(c2ccccc2)COCCN1. The molecule has 4 heteroatoms. The van der Waals surface area contributed by atoms with Gasteiger partial charge >= 0.3 is 5.97 Å². The van der Waals surface area contributed by atoms with E-state index in [1.807, 2.05) is 30.3 Å². The van der Waals surface area contributed by atoms with Crippen LogP contribution in [-0.4, -0.2) is 32.8 Å². The molecule has 1 heterocycles. The Morgan fingerprint density at radius 3 is 2.75 bits per heavy atom. The van der Waals surface area contributed by atoms with Gasteiger partial charge in [-0.2, -0.15) is 0 Å². The Labute approximate surface area is 94.6 Å². The van der Waals surface area contributed by atoms with Crippen LogP contribution in [0.3, 0.4) is 0 Å². The second-order valence-electron chi connectivity index (χ2n) is 3.74. The third-order valence-corrected chi connectivity index (χ3v) is 2.79. The number of benzene rings is 1. The van der Waals surface area contributed by atoms with E-state index in [1.165, 1.54) is 7.11 Å². The minimum absolute atomic E-state index is 0.307. The maximum absolute atomic E-state index is 11.9. The third-order valence-electron chi connectivity index (χ3n) is 2.79. The monoisotopic (exact) mass is 221 g/mol. The molecule has 1 aromatic carbocycles. The van der Waals surface area contributed by atoms with E-state index in [0.29, 0.717) is 19.8 Å². The molecule has 16 heavy (non-hydrogen) atoms. The quantitative estimate of drug-likeness (QED) is 0.746.